The third-order valence-electron chi connectivity index (χ3n) is 3.67. The second-order valence-electron chi connectivity index (χ2n) is 5.45. The summed E-state index contributed by atoms with van der Waals surface area (Å²) in [6, 6.07) is 2.08. The fourth-order valence-electron chi connectivity index (χ4n) is 2.29. The van der Waals surface area contributed by atoms with Crippen molar-refractivity contribution in [2.45, 2.75) is 71.8 Å². The van der Waals surface area contributed by atoms with Gasteiger partial charge in [0.05, 0.1) is 0 Å². The van der Waals surface area contributed by atoms with Crippen LogP contribution in [0, 0.1) is 6.92 Å². The summed E-state index contributed by atoms with van der Waals surface area (Å²) >= 11 is 0. The van der Waals surface area contributed by atoms with Crippen LogP contribution in [0.2, 0.25) is 0 Å². The summed E-state index contributed by atoms with van der Waals surface area (Å²) in [7, 11) is 0. The molecule has 0 aliphatic heterocycles. The molecule has 2 heteroatoms. The second-order valence-corrected chi connectivity index (χ2v) is 5.45. The molecule has 0 spiro atoms. The Kier molecular flexibility index (Phi) is 9.34. The number of hydrogen-bond donors (Lipinski definition) is 1. The van der Waals surface area contributed by atoms with E-state index in [-0.39, 0.29) is 0 Å². The van der Waals surface area contributed by atoms with Crippen LogP contribution in [-0.2, 0) is 6.54 Å². The van der Waals surface area contributed by atoms with Crippen molar-refractivity contribution in [3.63, 3.8) is 0 Å². The van der Waals surface area contributed by atoms with Gasteiger partial charge in [-0.15, -0.1) is 0 Å². The fourth-order valence-corrected chi connectivity index (χ4v) is 2.29. The molecule has 0 bridgehead atoms. The van der Waals surface area contributed by atoms with E-state index in [9.17, 15) is 0 Å². The zero-order valence-corrected chi connectivity index (χ0v) is 12.8. The second kappa shape index (κ2) is 11.0. The molecule has 0 fully saturated rings. The summed E-state index contributed by atoms with van der Waals surface area (Å²) in [6.45, 7) is 6.50. The SMILES string of the molecule is CCCCCCCCCCNCc1cnccc1C. The number of nitrogens with one attached hydrogen (secondary N) is 1. The third kappa shape index (κ3) is 7.99. The lowest BCUT2D eigenvalue weighted by Gasteiger charge is -2.07. The average Bonchev–Trinajstić information content (AvgIpc) is 2.43. The normalized spacial score (nSPS) is 10.8. The van der Waals surface area contributed by atoms with Crippen LogP contribution < -0.4 is 5.32 Å². The van der Waals surface area contributed by atoms with Gasteiger partial charge >= 0.3 is 0 Å². The van der Waals surface area contributed by atoms with Crippen LogP contribution in [0.4, 0.5) is 0 Å². The molecule has 19 heavy (non-hydrogen) atoms. The maximum absolute atomic E-state index is 4.17. The Morgan fingerprint density at radius 3 is 2.37 bits per heavy atom. The molecule has 108 valence electrons. The van der Waals surface area contributed by atoms with Gasteiger partial charge in [0.15, 0.2) is 0 Å². The van der Waals surface area contributed by atoms with Crippen molar-refractivity contribution in [1.82, 2.24) is 10.3 Å². The summed E-state index contributed by atoms with van der Waals surface area (Å²) in [4.78, 5) is 4.17. The molecule has 0 saturated heterocycles. The van der Waals surface area contributed by atoms with Gasteiger partial charge in [-0.05, 0) is 37.1 Å². The molecule has 0 aliphatic carbocycles. The minimum absolute atomic E-state index is 0.955. The number of aryl methyl sites for hydroxylation is 1. The predicted octanol–water partition coefficient (Wildman–Crippen LogP) is 4.62. The average molecular weight is 262 g/mol. The lowest BCUT2D eigenvalue weighted by molar-refractivity contribution is 0.554. The fraction of sp³-hybridized carbons (Fsp3) is 0.706. The molecule has 0 unspecified atom stereocenters. The van der Waals surface area contributed by atoms with E-state index in [2.05, 4.69) is 30.2 Å². The molecule has 1 aromatic rings. The molecular formula is C17H30N2. The predicted molar refractivity (Wildman–Crippen MR) is 83.3 cm³/mol. The molecule has 1 aromatic heterocycles. The molecule has 2 nitrogen and oxygen atoms in total. The van der Waals surface area contributed by atoms with Crippen molar-refractivity contribution in [2.24, 2.45) is 0 Å². The minimum Gasteiger partial charge on any atom is -0.313 e. The Bertz CT molecular complexity index is 323. The number of pyridine rings is 1. The summed E-state index contributed by atoms with van der Waals surface area (Å²) < 4.78 is 0. The van der Waals surface area contributed by atoms with Crippen molar-refractivity contribution in [3.8, 4) is 0 Å². The van der Waals surface area contributed by atoms with Crippen molar-refractivity contribution in [3.05, 3.63) is 29.6 Å². The first-order valence-electron chi connectivity index (χ1n) is 7.94. The van der Waals surface area contributed by atoms with E-state index in [1.54, 1.807) is 0 Å². The van der Waals surface area contributed by atoms with Gasteiger partial charge in [-0.1, -0.05) is 51.9 Å². The molecule has 1 rings (SSSR count). The molecule has 0 amide bonds. The van der Waals surface area contributed by atoms with Crippen molar-refractivity contribution in [2.75, 3.05) is 6.54 Å². The Labute approximate surface area is 119 Å². The lowest BCUT2D eigenvalue weighted by Crippen LogP contribution is -2.15. The highest BCUT2D eigenvalue weighted by molar-refractivity contribution is 5.20. The van der Waals surface area contributed by atoms with Gasteiger partial charge < -0.3 is 5.32 Å². The molecule has 0 atom stereocenters. The van der Waals surface area contributed by atoms with Crippen LogP contribution in [0.15, 0.2) is 18.5 Å². The summed E-state index contributed by atoms with van der Waals surface area (Å²) in [5, 5.41) is 3.51. The van der Waals surface area contributed by atoms with Gasteiger partial charge in [0, 0.05) is 18.9 Å². The van der Waals surface area contributed by atoms with E-state index in [0.29, 0.717) is 0 Å². The Morgan fingerprint density at radius 1 is 1.00 bits per heavy atom. The van der Waals surface area contributed by atoms with Crippen LogP contribution in [0.1, 0.15) is 69.4 Å². The number of unbranched alkanes of at least 4 members (excludes halogenated alkanes) is 7. The van der Waals surface area contributed by atoms with Crippen LogP contribution in [0.3, 0.4) is 0 Å². The van der Waals surface area contributed by atoms with Gasteiger partial charge in [0.1, 0.15) is 0 Å². The Morgan fingerprint density at radius 2 is 1.68 bits per heavy atom. The van der Waals surface area contributed by atoms with Gasteiger partial charge in [0.2, 0.25) is 0 Å². The molecule has 0 radical (unpaired) electrons. The van der Waals surface area contributed by atoms with E-state index in [4.69, 9.17) is 0 Å². The van der Waals surface area contributed by atoms with E-state index in [1.807, 2.05) is 12.4 Å². The Hall–Kier alpha value is -0.890. The number of rotatable bonds is 11. The Balaban J connectivity index is 1.90. The largest absolute Gasteiger partial charge is 0.313 e. The van der Waals surface area contributed by atoms with Crippen molar-refractivity contribution < 1.29 is 0 Å². The molecule has 0 aliphatic rings. The maximum Gasteiger partial charge on any atom is 0.0315 e. The van der Waals surface area contributed by atoms with Crippen LogP contribution in [-0.4, -0.2) is 11.5 Å². The highest BCUT2D eigenvalue weighted by Crippen LogP contribution is 2.08. The first-order chi connectivity index (χ1) is 9.34. The van der Waals surface area contributed by atoms with Crippen molar-refractivity contribution in [1.29, 1.82) is 0 Å². The standard InChI is InChI=1S/C17H30N2/c1-3-4-5-6-7-8-9-10-12-18-14-17-15-19-13-11-16(17)2/h11,13,15,18H,3-10,12,14H2,1-2H3. The first kappa shape index (κ1) is 16.2. The molecule has 1 N–H and O–H groups in total. The zero-order valence-electron chi connectivity index (χ0n) is 12.8. The van der Waals surface area contributed by atoms with Gasteiger partial charge in [-0.2, -0.15) is 0 Å². The summed E-state index contributed by atoms with van der Waals surface area (Å²) in [5.74, 6) is 0. The lowest BCUT2D eigenvalue weighted by atomic mass is 10.1. The molecular weight excluding hydrogens is 232 g/mol. The van der Waals surface area contributed by atoms with Crippen LogP contribution >= 0.6 is 0 Å². The minimum atomic E-state index is 0.955. The van der Waals surface area contributed by atoms with E-state index < -0.39 is 0 Å². The first-order valence-corrected chi connectivity index (χ1v) is 7.94. The summed E-state index contributed by atoms with van der Waals surface area (Å²) in [6.07, 6.45) is 14.9. The van der Waals surface area contributed by atoms with E-state index >= 15 is 0 Å². The molecule has 0 aromatic carbocycles. The third-order valence-corrected chi connectivity index (χ3v) is 3.67. The van der Waals surface area contributed by atoms with E-state index in [0.717, 1.165) is 13.1 Å². The highest BCUT2D eigenvalue weighted by atomic mass is 14.8. The smallest absolute Gasteiger partial charge is 0.0315 e. The van der Waals surface area contributed by atoms with Crippen LogP contribution in [0.25, 0.3) is 0 Å². The maximum atomic E-state index is 4.17. The number of hydrogen-bond acceptors (Lipinski definition) is 2. The molecule has 1 heterocycles. The van der Waals surface area contributed by atoms with Gasteiger partial charge in [0.25, 0.3) is 0 Å². The topological polar surface area (TPSA) is 24.9 Å². The van der Waals surface area contributed by atoms with Crippen molar-refractivity contribution >= 4 is 0 Å². The zero-order chi connectivity index (χ0) is 13.8. The summed E-state index contributed by atoms with van der Waals surface area (Å²) in [5.41, 5.74) is 2.65. The van der Waals surface area contributed by atoms with E-state index in [1.165, 1.54) is 62.5 Å². The van der Waals surface area contributed by atoms with Crippen LogP contribution in [0.5, 0.6) is 0 Å². The number of aromatic nitrogens is 1. The van der Waals surface area contributed by atoms with Gasteiger partial charge in [-0.25, -0.2) is 0 Å². The quantitative estimate of drug-likeness (QED) is 0.589. The molecule has 0 saturated carbocycles. The monoisotopic (exact) mass is 262 g/mol. The van der Waals surface area contributed by atoms with Gasteiger partial charge in [-0.3, -0.25) is 4.98 Å². The number of nitrogens with zero attached hydrogens (tertiary/aromatic N) is 1. The highest BCUT2D eigenvalue weighted by Gasteiger charge is 1.97.